The highest BCUT2D eigenvalue weighted by atomic mass is 16.3. The van der Waals surface area contributed by atoms with Crippen LogP contribution in [0.2, 0.25) is 0 Å². The van der Waals surface area contributed by atoms with E-state index in [1.807, 2.05) is 62.6 Å². The van der Waals surface area contributed by atoms with Crippen molar-refractivity contribution in [3.8, 4) is 33.8 Å². The lowest BCUT2D eigenvalue weighted by Gasteiger charge is -2.24. The molecule has 6 rings (SSSR count). The van der Waals surface area contributed by atoms with E-state index in [4.69, 9.17) is 0 Å². The molecule has 226 valence electrons. The zero-order valence-corrected chi connectivity index (χ0v) is 26.2. The number of phenolic OH excluding ortho intramolecular Hbond substituents is 2. The van der Waals surface area contributed by atoms with E-state index in [1.54, 1.807) is 9.36 Å². The molecule has 0 fully saturated rings. The summed E-state index contributed by atoms with van der Waals surface area (Å²) in [7, 11) is 3.74. The second-order valence-electron chi connectivity index (χ2n) is 12.0. The summed E-state index contributed by atoms with van der Waals surface area (Å²) >= 11 is 0. The van der Waals surface area contributed by atoms with Gasteiger partial charge in [-0.05, 0) is 55.7 Å². The molecule has 8 heteroatoms. The molecule has 2 aromatic heterocycles. The van der Waals surface area contributed by atoms with Gasteiger partial charge < -0.3 is 10.2 Å². The van der Waals surface area contributed by atoms with Gasteiger partial charge in [0.25, 0.3) is 0 Å². The first-order chi connectivity index (χ1) is 21.3. The van der Waals surface area contributed by atoms with Gasteiger partial charge in [-0.1, -0.05) is 85.9 Å². The van der Waals surface area contributed by atoms with Crippen LogP contribution in [-0.4, -0.2) is 40.2 Å². The number of fused-ring (bicyclic) bond motifs is 2. The fourth-order valence-corrected chi connectivity index (χ4v) is 6.54. The second kappa shape index (κ2) is 12.1. The van der Waals surface area contributed by atoms with Crippen molar-refractivity contribution < 1.29 is 10.2 Å². The quantitative estimate of drug-likeness (QED) is 0.157. The largest absolute Gasteiger partial charge is 0.507 e. The van der Waals surface area contributed by atoms with Crippen molar-refractivity contribution in [2.75, 3.05) is 0 Å². The number of rotatable bonds is 10. The van der Waals surface area contributed by atoms with E-state index in [-0.39, 0.29) is 17.4 Å². The fraction of sp³-hybridized carbons (Fsp3) is 0.333. The zero-order valence-electron chi connectivity index (χ0n) is 26.2. The van der Waals surface area contributed by atoms with Gasteiger partial charge in [-0.25, -0.2) is 9.36 Å². The molecular weight excluding hydrogens is 548 g/mol. The lowest BCUT2D eigenvalue weighted by atomic mass is 9.81. The molecule has 0 atom stereocenters. The van der Waals surface area contributed by atoms with Gasteiger partial charge in [0.15, 0.2) is 0 Å². The fourth-order valence-electron chi connectivity index (χ4n) is 6.54. The van der Waals surface area contributed by atoms with Crippen LogP contribution < -0.4 is 0 Å². The van der Waals surface area contributed by atoms with Crippen LogP contribution in [0, 0.1) is 13.8 Å². The standard InChI is InChI=1S/C36H40N6O2/c1-6-7-8-9-10-13-24(27-18-22(2)20-29(35(27)43)25-14-11-16-31-33(25)37-39-41(31)4)28-19-23(3)21-30(36(28)44)26-15-12-17-32-34(26)38-40-42(32)5/h11-12,14-21,24,43-44H,6-10,13H2,1-5H3. The topological polar surface area (TPSA) is 102 Å². The number of aromatic hydroxyl groups is 2. The third kappa shape index (κ3) is 5.29. The molecular formula is C36H40N6O2. The average molecular weight is 589 g/mol. The Morgan fingerprint density at radius 1 is 0.636 bits per heavy atom. The van der Waals surface area contributed by atoms with Crippen LogP contribution in [0.3, 0.4) is 0 Å². The third-order valence-corrected chi connectivity index (χ3v) is 8.78. The van der Waals surface area contributed by atoms with Crippen LogP contribution in [-0.2, 0) is 14.1 Å². The molecule has 4 aromatic carbocycles. The maximum absolute atomic E-state index is 12.0. The van der Waals surface area contributed by atoms with E-state index in [0.717, 1.165) is 85.8 Å². The number of aryl methyl sites for hydroxylation is 4. The number of hydrogen-bond donors (Lipinski definition) is 2. The monoisotopic (exact) mass is 588 g/mol. The van der Waals surface area contributed by atoms with E-state index < -0.39 is 0 Å². The molecule has 44 heavy (non-hydrogen) atoms. The second-order valence-corrected chi connectivity index (χ2v) is 12.0. The Hall–Kier alpha value is -4.72. The van der Waals surface area contributed by atoms with Gasteiger partial charge in [0, 0.05) is 53.4 Å². The van der Waals surface area contributed by atoms with Crippen LogP contribution in [0.5, 0.6) is 11.5 Å². The highest BCUT2D eigenvalue weighted by molar-refractivity contribution is 5.95. The van der Waals surface area contributed by atoms with E-state index in [2.05, 4.69) is 53.5 Å². The van der Waals surface area contributed by atoms with Crippen molar-refractivity contribution in [3.63, 3.8) is 0 Å². The minimum Gasteiger partial charge on any atom is -0.507 e. The Bertz CT molecular complexity index is 1840. The summed E-state index contributed by atoms with van der Waals surface area (Å²) < 4.78 is 3.49. The van der Waals surface area contributed by atoms with Crippen LogP contribution >= 0.6 is 0 Å². The molecule has 0 amide bonds. The van der Waals surface area contributed by atoms with E-state index >= 15 is 0 Å². The van der Waals surface area contributed by atoms with E-state index in [0.29, 0.717) is 0 Å². The first-order valence-electron chi connectivity index (χ1n) is 15.5. The number of unbranched alkanes of at least 4 members (excludes halogenated alkanes) is 4. The molecule has 0 saturated heterocycles. The van der Waals surface area contributed by atoms with Gasteiger partial charge in [-0.3, -0.25) is 0 Å². The SMILES string of the molecule is CCCCCCCC(c1cc(C)cc(-c2cccc3c2nnn3C)c1O)c1cc(C)cc(-c2cccc3c2nnn3C)c1O. The minimum absolute atomic E-state index is 0.214. The molecule has 0 unspecified atom stereocenters. The summed E-state index contributed by atoms with van der Waals surface area (Å²) in [5, 5.41) is 41.4. The first kappa shape index (κ1) is 29.4. The van der Waals surface area contributed by atoms with Gasteiger partial charge in [0.05, 0.1) is 11.0 Å². The van der Waals surface area contributed by atoms with Crippen molar-refractivity contribution >= 4 is 22.1 Å². The van der Waals surface area contributed by atoms with Gasteiger partial charge >= 0.3 is 0 Å². The molecule has 2 N–H and O–H groups in total. The summed E-state index contributed by atoms with van der Waals surface area (Å²) in [5.41, 5.74) is 10.1. The molecule has 0 aliphatic rings. The normalized spacial score (nSPS) is 11.8. The zero-order chi connectivity index (χ0) is 31.0. The number of phenols is 2. The Kier molecular flexibility index (Phi) is 8.08. The number of hydrogen-bond acceptors (Lipinski definition) is 6. The Morgan fingerprint density at radius 2 is 1.11 bits per heavy atom. The molecule has 0 spiro atoms. The number of aromatic nitrogens is 6. The molecule has 6 aromatic rings. The van der Waals surface area contributed by atoms with Gasteiger partial charge in [-0.15, -0.1) is 10.2 Å². The molecule has 0 bridgehead atoms. The van der Waals surface area contributed by atoms with Crippen LogP contribution in [0.15, 0.2) is 60.7 Å². The smallest absolute Gasteiger partial charge is 0.127 e. The Morgan fingerprint density at radius 3 is 1.59 bits per heavy atom. The Labute approximate surface area is 258 Å². The van der Waals surface area contributed by atoms with E-state index in [9.17, 15) is 10.2 Å². The molecule has 0 aliphatic carbocycles. The maximum atomic E-state index is 12.0. The summed E-state index contributed by atoms with van der Waals surface area (Å²) in [6, 6.07) is 20.0. The average Bonchev–Trinajstić information content (AvgIpc) is 3.59. The lowest BCUT2D eigenvalue weighted by Crippen LogP contribution is -2.05. The highest BCUT2D eigenvalue weighted by Gasteiger charge is 2.26. The molecule has 0 radical (unpaired) electrons. The number of benzene rings is 4. The lowest BCUT2D eigenvalue weighted by molar-refractivity contribution is 0.449. The van der Waals surface area contributed by atoms with E-state index in [1.165, 1.54) is 19.3 Å². The van der Waals surface area contributed by atoms with Crippen molar-refractivity contribution in [1.82, 2.24) is 30.0 Å². The van der Waals surface area contributed by atoms with Crippen LogP contribution in [0.25, 0.3) is 44.3 Å². The maximum Gasteiger partial charge on any atom is 0.127 e. The Balaban J connectivity index is 1.53. The predicted octanol–water partition coefficient (Wildman–Crippen LogP) is 8.10. The predicted molar refractivity (Wildman–Crippen MR) is 176 cm³/mol. The summed E-state index contributed by atoms with van der Waals surface area (Å²) in [4.78, 5) is 0. The van der Waals surface area contributed by atoms with Crippen molar-refractivity contribution in [2.45, 2.75) is 65.2 Å². The van der Waals surface area contributed by atoms with Gasteiger partial charge in [0.2, 0.25) is 0 Å². The molecule has 0 aliphatic heterocycles. The summed E-state index contributed by atoms with van der Waals surface area (Å²) in [6.45, 7) is 6.33. The minimum atomic E-state index is -0.226. The first-order valence-corrected chi connectivity index (χ1v) is 15.5. The summed E-state index contributed by atoms with van der Waals surface area (Å²) in [6.07, 6.45) is 6.42. The molecule has 0 saturated carbocycles. The van der Waals surface area contributed by atoms with Crippen LogP contribution in [0.4, 0.5) is 0 Å². The summed E-state index contributed by atoms with van der Waals surface area (Å²) in [5.74, 6) is 0.202. The number of nitrogens with zero attached hydrogens (tertiary/aromatic N) is 6. The highest BCUT2D eigenvalue weighted by Crippen LogP contribution is 2.47. The van der Waals surface area contributed by atoms with Gasteiger partial charge in [-0.2, -0.15) is 0 Å². The van der Waals surface area contributed by atoms with Gasteiger partial charge in [0.1, 0.15) is 22.5 Å². The third-order valence-electron chi connectivity index (χ3n) is 8.78. The van der Waals surface area contributed by atoms with Crippen molar-refractivity contribution in [1.29, 1.82) is 0 Å². The van der Waals surface area contributed by atoms with Crippen molar-refractivity contribution in [3.05, 3.63) is 82.9 Å². The van der Waals surface area contributed by atoms with Crippen molar-refractivity contribution in [2.24, 2.45) is 14.1 Å². The molecule has 8 nitrogen and oxygen atoms in total. The molecule has 2 heterocycles. The van der Waals surface area contributed by atoms with Crippen LogP contribution in [0.1, 0.15) is 73.6 Å².